The predicted molar refractivity (Wildman–Crippen MR) is 78.2 cm³/mol. The van der Waals surface area contributed by atoms with Gasteiger partial charge in [-0.05, 0) is 30.4 Å². The highest BCUT2D eigenvalue weighted by Gasteiger charge is 2.16. The summed E-state index contributed by atoms with van der Waals surface area (Å²) in [4.78, 5) is 0. The summed E-state index contributed by atoms with van der Waals surface area (Å²) in [5, 5.41) is 10.1. The number of hydrogen-bond donors (Lipinski definition) is 1. The Morgan fingerprint density at radius 1 is 1.16 bits per heavy atom. The largest absolute Gasteiger partial charge is 0.386 e. The standard InChI is InChI=1S/C17H26O2/c1-2-6-14-9-11-15(12-10-14)17(18)13-19-16-7-4-3-5-8-16/h9-12,16-18H,2-8,13H2,1H3. The lowest BCUT2D eigenvalue weighted by Crippen LogP contribution is -2.20. The first-order valence-corrected chi connectivity index (χ1v) is 7.68. The Labute approximate surface area is 116 Å². The van der Waals surface area contributed by atoms with Crippen molar-refractivity contribution in [1.29, 1.82) is 0 Å². The molecule has 1 fully saturated rings. The lowest BCUT2D eigenvalue weighted by Gasteiger charge is -2.23. The van der Waals surface area contributed by atoms with Gasteiger partial charge in [0.2, 0.25) is 0 Å². The van der Waals surface area contributed by atoms with Crippen molar-refractivity contribution in [1.82, 2.24) is 0 Å². The molecule has 2 heteroatoms. The molecule has 0 aromatic heterocycles. The summed E-state index contributed by atoms with van der Waals surface area (Å²) in [6.45, 7) is 2.61. The molecule has 1 aromatic carbocycles. The van der Waals surface area contributed by atoms with Crippen molar-refractivity contribution >= 4 is 0 Å². The van der Waals surface area contributed by atoms with Crippen molar-refractivity contribution < 1.29 is 9.84 Å². The van der Waals surface area contributed by atoms with Crippen LogP contribution in [0.2, 0.25) is 0 Å². The number of hydrogen-bond acceptors (Lipinski definition) is 2. The Bertz CT molecular complexity index is 352. The van der Waals surface area contributed by atoms with E-state index < -0.39 is 6.10 Å². The van der Waals surface area contributed by atoms with Gasteiger partial charge in [-0.25, -0.2) is 0 Å². The third-order valence-electron chi connectivity index (χ3n) is 3.95. The molecule has 2 rings (SSSR count). The van der Waals surface area contributed by atoms with E-state index in [1.807, 2.05) is 12.1 Å². The molecule has 0 spiro atoms. The van der Waals surface area contributed by atoms with Gasteiger partial charge in [0, 0.05) is 0 Å². The zero-order valence-corrected chi connectivity index (χ0v) is 12.0. The molecule has 2 nitrogen and oxygen atoms in total. The SMILES string of the molecule is CCCc1ccc(C(O)COC2CCCCC2)cc1. The summed E-state index contributed by atoms with van der Waals surface area (Å²) in [6.07, 6.45) is 8.33. The second-order valence-electron chi connectivity index (χ2n) is 5.60. The lowest BCUT2D eigenvalue weighted by atomic mass is 9.98. The first-order valence-electron chi connectivity index (χ1n) is 7.68. The minimum atomic E-state index is -0.488. The number of aryl methyl sites for hydroxylation is 1. The van der Waals surface area contributed by atoms with Crippen LogP contribution in [0.15, 0.2) is 24.3 Å². The van der Waals surface area contributed by atoms with Crippen LogP contribution >= 0.6 is 0 Å². The fourth-order valence-corrected chi connectivity index (χ4v) is 2.75. The molecule has 1 saturated carbocycles. The Morgan fingerprint density at radius 3 is 2.47 bits per heavy atom. The molecule has 1 aliphatic carbocycles. The smallest absolute Gasteiger partial charge is 0.102 e. The molecule has 0 amide bonds. The van der Waals surface area contributed by atoms with Crippen LogP contribution in [-0.2, 0) is 11.2 Å². The molecule has 0 radical (unpaired) electrons. The van der Waals surface area contributed by atoms with Crippen molar-refractivity contribution in [2.45, 2.75) is 64.1 Å². The summed E-state index contributed by atoms with van der Waals surface area (Å²) in [5.74, 6) is 0. The van der Waals surface area contributed by atoms with Crippen LogP contribution in [0, 0.1) is 0 Å². The number of aliphatic hydroxyl groups excluding tert-OH is 1. The van der Waals surface area contributed by atoms with Gasteiger partial charge in [-0.1, -0.05) is 56.9 Å². The Balaban J connectivity index is 1.79. The van der Waals surface area contributed by atoms with E-state index in [1.54, 1.807) is 0 Å². The summed E-state index contributed by atoms with van der Waals surface area (Å²) in [5.41, 5.74) is 2.31. The number of aliphatic hydroxyl groups is 1. The van der Waals surface area contributed by atoms with Crippen LogP contribution in [-0.4, -0.2) is 17.8 Å². The van der Waals surface area contributed by atoms with Gasteiger partial charge in [-0.15, -0.1) is 0 Å². The van der Waals surface area contributed by atoms with Crippen molar-refractivity contribution in [2.24, 2.45) is 0 Å². The fraction of sp³-hybridized carbons (Fsp3) is 0.647. The van der Waals surface area contributed by atoms with Crippen LogP contribution in [0.1, 0.15) is 62.7 Å². The molecule has 1 N–H and O–H groups in total. The average Bonchev–Trinajstić information content (AvgIpc) is 2.47. The molecule has 106 valence electrons. The highest BCUT2D eigenvalue weighted by atomic mass is 16.5. The van der Waals surface area contributed by atoms with Gasteiger partial charge in [0.1, 0.15) is 6.10 Å². The summed E-state index contributed by atoms with van der Waals surface area (Å²) < 4.78 is 5.83. The topological polar surface area (TPSA) is 29.5 Å². The molecule has 0 heterocycles. The van der Waals surface area contributed by atoms with Crippen LogP contribution in [0.4, 0.5) is 0 Å². The summed E-state index contributed by atoms with van der Waals surface area (Å²) in [7, 11) is 0. The van der Waals surface area contributed by atoms with Crippen molar-refractivity contribution in [3.63, 3.8) is 0 Å². The minimum Gasteiger partial charge on any atom is -0.386 e. The molecular formula is C17H26O2. The zero-order valence-electron chi connectivity index (χ0n) is 12.0. The summed E-state index contributed by atoms with van der Waals surface area (Å²) >= 11 is 0. The Morgan fingerprint density at radius 2 is 1.84 bits per heavy atom. The molecule has 1 unspecified atom stereocenters. The molecular weight excluding hydrogens is 236 g/mol. The maximum Gasteiger partial charge on any atom is 0.102 e. The second kappa shape index (κ2) is 7.66. The lowest BCUT2D eigenvalue weighted by molar-refractivity contribution is -0.0245. The molecule has 19 heavy (non-hydrogen) atoms. The van der Waals surface area contributed by atoms with E-state index in [9.17, 15) is 5.11 Å². The van der Waals surface area contributed by atoms with E-state index >= 15 is 0 Å². The van der Waals surface area contributed by atoms with E-state index in [2.05, 4.69) is 19.1 Å². The van der Waals surface area contributed by atoms with Crippen LogP contribution in [0.25, 0.3) is 0 Å². The molecule has 1 aliphatic rings. The normalized spacial score (nSPS) is 18.4. The van der Waals surface area contributed by atoms with Gasteiger partial charge in [-0.3, -0.25) is 0 Å². The highest BCUT2D eigenvalue weighted by Crippen LogP contribution is 2.22. The number of rotatable bonds is 6. The van der Waals surface area contributed by atoms with E-state index in [-0.39, 0.29) is 0 Å². The van der Waals surface area contributed by atoms with E-state index in [1.165, 1.54) is 24.8 Å². The monoisotopic (exact) mass is 262 g/mol. The van der Waals surface area contributed by atoms with Crippen LogP contribution in [0.3, 0.4) is 0 Å². The van der Waals surface area contributed by atoms with Gasteiger partial charge in [0.15, 0.2) is 0 Å². The molecule has 1 atom stereocenters. The van der Waals surface area contributed by atoms with Crippen LogP contribution < -0.4 is 0 Å². The predicted octanol–water partition coefficient (Wildman–Crippen LogP) is 4.02. The molecule has 0 bridgehead atoms. The molecule has 0 aliphatic heterocycles. The van der Waals surface area contributed by atoms with Gasteiger partial charge in [0.25, 0.3) is 0 Å². The zero-order chi connectivity index (χ0) is 13.5. The van der Waals surface area contributed by atoms with Crippen molar-refractivity contribution in [2.75, 3.05) is 6.61 Å². The van der Waals surface area contributed by atoms with Crippen molar-refractivity contribution in [3.05, 3.63) is 35.4 Å². The maximum absolute atomic E-state index is 10.1. The number of ether oxygens (including phenoxy) is 1. The van der Waals surface area contributed by atoms with Gasteiger partial charge >= 0.3 is 0 Å². The molecule has 1 aromatic rings. The second-order valence-corrected chi connectivity index (χ2v) is 5.60. The third kappa shape index (κ3) is 4.63. The molecule has 0 saturated heterocycles. The van der Waals surface area contributed by atoms with Crippen LogP contribution in [0.5, 0.6) is 0 Å². The van der Waals surface area contributed by atoms with E-state index in [0.717, 1.165) is 31.2 Å². The Hall–Kier alpha value is -0.860. The first-order chi connectivity index (χ1) is 9.29. The Kier molecular flexibility index (Phi) is 5.87. The first kappa shape index (κ1) is 14.5. The highest BCUT2D eigenvalue weighted by molar-refractivity contribution is 5.24. The average molecular weight is 262 g/mol. The van der Waals surface area contributed by atoms with E-state index in [4.69, 9.17) is 4.74 Å². The van der Waals surface area contributed by atoms with E-state index in [0.29, 0.717) is 12.7 Å². The van der Waals surface area contributed by atoms with Crippen molar-refractivity contribution in [3.8, 4) is 0 Å². The summed E-state index contributed by atoms with van der Waals surface area (Å²) in [6, 6.07) is 8.28. The third-order valence-corrected chi connectivity index (χ3v) is 3.95. The fourth-order valence-electron chi connectivity index (χ4n) is 2.75. The van der Waals surface area contributed by atoms with Gasteiger partial charge < -0.3 is 9.84 Å². The van der Waals surface area contributed by atoms with Gasteiger partial charge in [-0.2, -0.15) is 0 Å². The number of benzene rings is 1. The minimum absolute atomic E-state index is 0.364. The quantitative estimate of drug-likeness (QED) is 0.839. The van der Waals surface area contributed by atoms with Gasteiger partial charge in [0.05, 0.1) is 12.7 Å². The maximum atomic E-state index is 10.1.